The molecule has 1 amide bonds. The third-order valence-electron chi connectivity index (χ3n) is 4.90. The summed E-state index contributed by atoms with van der Waals surface area (Å²) < 4.78 is 0. The van der Waals surface area contributed by atoms with Gasteiger partial charge in [-0.3, -0.25) is 10.1 Å². The molecular formula is C13H24N2O. The van der Waals surface area contributed by atoms with E-state index in [0.717, 1.165) is 19.0 Å². The van der Waals surface area contributed by atoms with Crippen molar-refractivity contribution in [1.29, 1.82) is 0 Å². The molecule has 16 heavy (non-hydrogen) atoms. The SMILES string of the molecule is CCC1(C)NCN(C2CCC(C)C2C)C1=O. The van der Waals surface area contributed by atoms with E-state index in [4.69, 9.17) is 0 Å². The number of hydrogen-bond donors (Lipinski definition) is 1. The van der Waals surface area contributed by atoms with Gasteiger partial charge in [0.1, 0.15) is 0 Å². The molecule has 2 rings (SSSR count). The lowest BCUT2D eigenvalue weighted by atomic mass is 9.95. The highest BCUT2D eigenvalue weighted by Gasteiger charge is 2.46. The summed E-state index contributed by atoms with van der Waals surface area (Å²) in [7, 11) is 0. The molecule has 3 heteroatoms. The normalized spacial score (nSPS) is 44.4. The third-order valence-corrected chi connectivity index (χ3v) is 4.90. The van der Waals surface area contributed by atoms with Gasteiger partial charge in [-0.1, -0.05) is 20.8 Å². The van der Waals surface area contributed by atoms with Crippen molar-refractivity contribution in [2.24, 2.45) is 11.8 Å². The van der Waals surface area contributed by atoms with Gasteiger partial charge in [0.15, 0.2) is 0 Å². The maximum absolute atomic E-state index is 12.4. The Labute approximate surface area is 98.6 Å². The molecular weight excluding hydrogens is 200 g/mol. The van der Waals surface area contributed by atoms with Crippen molar-refractivity contribution >= 4 is 5.91 Å². The Hall–Kier alpha value is -0.570. The van der Waals surface area contributed by atoms with Crippen LogP contribution in [-0.4, -0.2) is 29.1 Å². The van der Waals surface area contributed by atoms with Gasteiger partial charge in [0.2, 0.25) is 5.91 Å². The summed E-state index contributed by atoms with van der Waals surface area (Å²) in [5.74, 6) is 1.71. The molecule has 0 bridgehead atoms. The molecule has 1 saturated carbocycles. The zero-order chi connectivity index (χ0) is 11.9. The van der Waals surface area contributed by atoms with Gasteiger partial charge in [0.05, 0.1) is 12.2 Å². The maximum Gasteiger partial charge on any atom is 0.243 e. The van der Waals surface area contributed by atoms with Crippen LogP contribution in [0.3, 0.4) is 0 Å². The van der Waals surface area contributed by atoms with Crippen LogP contribution in [0.5, 0.6) is 0 Å². The van der Waals surface area contributed by atoms with E-state index in [0.29, 0.717) is 17.9 Å². The molecule has 1 saturated heterocycles. The van der Waals surface area contributed by atoms with Crippen LogP contribution in [0.4, 0.5) is 0 Å². The van der Waals surface area contributed by atoms with Crippen molar-refractivity contribution in [2.75, 3.05) is 6.67 Å². The molecule has 92 valence electrons. The third kappa shape index (κ3) is 1.65. The van der Waals surface area contributed by atoms with Crippen molar-refractivity contribution in [3.8, 4) is 0 Å². The molecule has 1 N–H and O–H groups in total. The second-order valence-corrected chi connectivity index (χ2v) is 5.78. The van der Waals surface area contributed by atoms with E-state index in [1.165, 1.54) is 12.8 Å². The predicted octanol–water partition coefficient (Wildman–Crippen LogP) is 1.98. The first kappa shape index (κ1) is 11.9. The first-order valence-corrected chi connectivity index (χ1v) is 6.55. The van der Waals surface area contributed by atoms with Crippen LogP contribution in [0, 0.1) is 11.8 Å². The van der Waals surface area contributed by atoms with Crippen molar-refractivity contribution in [3.63, 3.8) is 0 Å². The predicted molar refractivity (Wildman–Crippen MR) is 64.9 cm³/mol. The minimum absolute atomic E-state index is 0.306. The fourth-order valence-electron chi connectivity index (χ4n) is 3.05. The fraction of sp³-hybridized carbons (Fsp3) is 0.923. The number of nitrogens with one attached hydrogen (secondary N) is 1. The molecule has 0 aromatic rings. The van der Waals surface area contributed by atoms with Gasteiger partial charge < -0.3 is 4.90 Å². The zero-order valence-electron chi connectivity index (χ0n) is 10.9. The van der Waals surface area contributed by atoms with Gasteiger partial charge in [0.25, 0.3) is 0 Å². The Balaban J connectivity index is 2.10. The summed E-state index contributed by atoms with van der Waals surface area (Å²) in [5, 5.41) is 3.37. The molecule has 1 heterocycles. The van der Waals surface area contributed by atoms with E-state index in [2.05, 4.69) is 31.0 Å². The second kappa shape index (κ2) is 4.02. The van der Waals surface area contributed by atoms with Crippen LogP contribution in [0.25, 0.3) is 0 Å². The van der Waals surface area contributed by atoms with Crippen LogP contribution < -0.4 is 5.32 Å². The van der Waals surface area contributed by atoms with Gasteiger partial charge in [-0.25, -0.2) is 0 Å². The zero-order valence-corrected chi connectivity index (χ0v) is 10.9. The highest BCUT2D eigenvalue weighted by Crippen LogP contribution is 2.36. The average molecular weight is 224 g/mol. The van der Waals surface area contributed by atoms with E-state index in [1.807, 2.05) is 6.92 Å². The lowest BCUT2D eigenvalue weighted by molar-refractivity contribution is -0.134. The van der Waals surface area contributed by atoms with Gasteiger partial charge >= 0.3 is 0 Å². The molecule has 1 aliphatic carbocycles. The van der Waals surface area contributed by atoms with Crippen molar-refractivity contribution < 1.29 is 4.79 Å². The first-order valence-electron chi connectivity index (χ1n) is 6.55. The average Bonchev–Trinajstić information content (AvgIpc) is 2.74. The summed E-state index contributed by atoms with van der Waals surface area (Å²) in [6.07, 6.45) is 3.31. The molecule has 2 aliphatic rings. The monoisotopic (exact) mass is 224 g/mol. The smallest absolute Gasteiger partial charge is 0.243 e. The Kier molecular flexibility index (Phi) is 2.99. The molecule has 1 aliphatic heterocycles. The summed E-state index contributed by atoms with van der Waals surface area (Å²) in [6.45, 7) is 9.44. The van der Waals surface area contributed by atoms with Crippen LogP contribution >= 0.6 is 0 Å². The van der Waals surface area contributed by atoms with Crippen LogP contribution in [0.15, 0.2) is 0 Å². The summed E-state index contributed by atoms with van der Waals surface area (Å²) in [4.78, 5) is 14.4. The van der Waals surface area contributed by atoms with Crippen molar-refractivity contribution in [1.82, 2.24) is 10.2 Å². The molecule has 4 atom stereocenters. The number of hydrogen-bond acceptors (Lipinski definition) is 2. The van der Waals surface area contributed by atoms with Crippen LogP contribution in [0.1, 0.15) is 47.0 Å². The van der Waals surface area contributed by atoms with E-state index in [9.17, 15) is 4.79 Å². The van der Waals surface area contributed by atoms with Crippen LogP contribution in [0.2, 0.25) is 0 Å². The van der Waals surface area contributed by atoms with Gasteiger partial charge in [-0.2, -0.15) is 0 Å². The number of amides is 1. The quantitative estimate of drug-likeness (QED) is 0.778. The molecule has 0 spiro atoms. The summed E-state index contributed by atoms with van der Waals surface area (Å²) in [6, 6.07) is 0.461. The number of carbonyl (C=O) groups excluding carboxylic acids is 1. The molecule has 3 nitrogen and oxygen atoms in total. The van der Waals surface area contributed by atoms with Gasteiger partial charge in [0, 0.05) is 6.04 Å². The Morgan fingerprint density at radius 1 is 1.44 bits per heavy atom. The van der Waals surface area contributed by atoms with Crippen molar-refractivity contribution in [2.45, 2.75) is 58.5 Å². The highest BCUT2D eigenvalue weighted by molar-refractivity contribution is 5.88. The van der Waals surface area contributed by atoms with Gasteiger partial charge in [-0.15, -0.1) is 0 Å². The molecule has 4 unspecified atom stereocenters. The minimum atomic E-state index is -0.314. The van der Waals surface area contributed by atoms with E-state index >= 15 is 0 Å². The largest absolute Gasteiger partial charge is 0.325 e. The standard InChI is InChI=1S/C13H24N2O/c1-5-13(4)12(16)15(8-14-13)11-7-6-9(2)10(11)3/h9-11,14H,5-8H2,1-4H3. The Morgan fingerprint density at radius 3 is 2.56 bits per heavy atom. The van der Waals surface area contributed by atoms with Crippen LogP contribution in [-0.2, 0) is 4.79 Å². The number of nitrogens with zero attached hydrogens (tertiary/aromatic N) is 1. The molecule has 0 radical (unpaired) electrons. The summed E-state index contributed by atoms with van der Waals surface area (Å²) >= 11 is 0. The lowest BCUT2D eigenvalue weighted by Gasteiger charge is -2.29. The topological polar surface area (TPSA) is 32.3 Å². The highest BCUT2D eigenvalue weighted by atomic mass is 16.2. The van der Waals surface area contributed by atoms with E-state index in [-0.39, 0.29) is 5.54 Å². The molecule has 0 aromatic carbocycles. The maximum atomic E-state index is 12.4. The molecule has 2 fully saturated rings. The number of carbonyl (C=O) groups is 1. The Morgan fingerprint density at radius 2 is 2.12 bits per heavy atom. The minimum Gasteiger partial charge on any atom is -0.325 e. The van der Waals surface area contributed by atoms with E-state index in [1.54, 1.807) is 0 Å². The van der Waals surface area contributed by atoms with Gasteiger partial charge in [-0.05, 0) is 38.0 Å². The lowest BCUT2D eigenvalue weighted by Crippen LogP contribution is -2.45. The summed E-state index contributed by atoms with van der Waals surface area (Å²) in [5.41, 5.74) is -0.314. The second-order valence-electron chi connectivity index (χ2n) is 5.78. The van der Waals surface area contributed by atoms with Crippen molar-refractivity contribution in [3.05, 3.63) is 0 Å². The Bertz CT molecular complexity index is 292. The number of rotatable bonds is 2. The van der Waals surface area contributed by atoms with E-state index < -0.39 is 0 Å². The first-order chi connectivity index (χ1) is 7.49. The molecule has 0 aromatic heterocycles. The fourth-order valence-corrected chi connectivity index (χ4v) is 3.05.